The number of halogens is 1. The van der Waals surface area contributed by atoms with Crippen molar-refractivity contribution in [1.82, 2.24) is 16.0 Å². The Labute approximate surface area is 160 Å². The topological polar surface area (TPSA) is 70.2 Å². The van der Waals surface area contributed by atoms with Crippen LogP contribution in [0.25, 0.3) is 0 Å². The van der Waals surface area contributed by atoms with E-state index in [1.54, 1.807) is 13.0 Å². The molecule has 0 aromatic heterocycles. The maximum absolute atomic E-state index is 14.8. The minimum Gasteiger partial charge on any atom is -0.347 e. The summed E-state index contributed by atoms with van der Waals surface area (Å²) in [6.07, 6.45) is 1.86. The zero-order valence-corrected chi connectivity index (χ0v) is 16.8. The first-order valence-electron chi connectivity index (χ1n) is 9.65. The van der Waals surface area contributed by atoms with Crippen LogP contribution in [0, 0.1) is 11.2 Å². The molecular weight excluding hydrogens is 345 g/mol. The fourth-order valence-corrected chi connectivity index (χ4v) is 3.76. The van der Waals surface area contributed by atoms with E-state index < -0.39 is 6.04 Å². The van der Waals surface area contributed by atoms with E-state index in [2.05, 4.69) is 22.9 Å². The van der Waals surface area contributed by atoms with Crippen molar-refractivity contribution in [2.24, 2.45) is 5.41 Å². The number of nitrogens with one attached hydrogen (secondary N) is 3. The van der Waals surface area contributed by atoms with Crippen molar-refractivity contribution in [3.05, 3.63) is 35.1 Å². The normalized spacial score (nSPS) is 25.5. The smallest absolute Gasteiger partial charge is 0.238 e. The minimum absolute atomic E-state index is 0.0430. The van der Waals surface area contributed by atoms with Crippen LogP contribution in [0.2, 0.25) is 0 Å². The van der Waals surface area contributed by atoms with E-state index in [0.29, 0.717) is 0 Å². The molecule has 27 heavy (non-hydrogen) atoms. The van der Waals surface area contributed by atoms with Crippen molar-refractivity contribution in [3.8, 4) is 0 Å². The lowest BCUT2D eigenvalue weighted by Crippen LogP contribution is -2.60. The summed E-state index contributed by atoms with van der Waals surface area (Å²) in [5.74, 6) is -0.600. The van der Waals surface area contributed by atoms with Gasteiger partial charge in [-0.3, -0.25) is 14.9 Å². The first-order chi connectivity index (χ1) is 12.5. The highest BCUT2D eigenvalue weighted by atomic mass is 19.1. The summed E-state index contributed by atoms with van der Waals surface area (Å²) < 4.78 is 14.8. The lowest BCUT2D eigenvalue weighted by atomic mass is 9.81. The summed E-state index contributed by atoms with van der Waals surface area (Å²) in [4.78, 5) is 24.5. The van der Waals surface area contributed by atoms with Gasteiger partial charge < -0.3 is 10.6 Å². The van der Waals surface area contributed by atoms with Crippen LogP contribution in [0.5, 0.6) is 0 Å². The highest BCUT2D eigenvalue weighted by molar-refractivity contribution is 5.89. The molecule has 3 rings (SSSR count). The lowest BCUT2D eigenvalue weighted by Gasteiger charge is -2.35. The number of rotatable bonds is 4. The third kappa shape index (κ3) is 4.32. The van der Waals surface area contributed by atoms with E-state index in [9.17, 15) is 14.0 Å². The van der Waals surface area contributed by atoms with Crippen LogP contribution >= 0.6 is 0 Å². The molecule has 0 radical (unpaired) electrons. The van der Waals surface area contributed by atoms with E-state index in [1.165, 1.54) is 0 Å². The quantitative estimate of drug-likeness (QED) is 0.758. The van der Waals surface area contributed by atoms with E-state index in [0.717, 1.165) is 24.0 Å². The molecule has 1 heterocycles. The zero-order chi connectivity index (χ0) is 20.0. The Hall–Kier alpha value is -1.95. The van der Waals surface area contributed by atoms with E-state index >= 15 is 0 Å². The van der Waals surface area contributed by atoms with Gasteiger partial charge in [-0.25, -0.2) is 4.39 Å². The second-order valence-electron chi connectivity index (χ2n) is 9.32. The van der Waals surface area contributed by atoms with Crippen LogP contribution in [-0.2, 0) is 15.0 Å². The Balaban J connectivity index is 1.81. The molecule has 0 spiro atoms. The molecule has 3 unspecified atom stereocenters. The summed E-state index contributed by atoms with van der Waals surface area (Å²) in [7, 11) is 0. The molecule has 1 aromatic carbocycles. The molecule has 1 saturated carbocycles. The number of hydrogen-bond donors (Lipinski definition) is 3. The molecule has 3 N–H and O–H groups in total. The Morgan fingerprint density at radius 3 is 2.52 bits per heavy atom. The maximum atomic E-state index is 14.8. The van der Waals surface area contributed by atoms with E-state index in [-0.39, 0.29) is 47.1 Å². The van der Waals surface area contributed by atoms with Gasteiger partial charge >= 0.3 is 0 Å². The number of carbonyl (C=O) groups excluding carboxylic acids is 2. The van der Waals surface area contributed by atoms with Crippen molar-refractivity contribution in [2.75, 3.05) is 0 Å². The van der Waals surface area contributed by atoms with Gasteiger partial charge in [0.2, 0.25) is 11.8 Å². The molecule has 1 aliphatic heterocycles. The van der Waals surface area contributed by atoms with Gasteiger partial charge in [-0.2, -0.15) is 0 Å². The fraction of sp³-hybridized carbons (Fsp3) is 0.619. The van der Waals surface area contributed by atoms with Crippen molar-refractivity contribution in [2.45, 2.75) is 77.5 Å². The predicted molar refractivity (Wildman–Crippen MR) is 102 cm³/mol. The highest BCUT2D eigenvalue weighted by Crippen LogP contribution is 2.49. The largest absolute Gasteiger partial charge is 0.347 e. The second kappa shape index (κ2) is 6.89. The van der Waals surface area contributed by atoms with Gasteiger partial charge in [0.1, 0.15) is 5.82 Å². The van der Waals surface area contributed by atoms with Crippen LogP contribution in [0.1, 0.15) is 71.0 Å². The van der Waals surface area contributed by atoms with Crippen LogP contribution in [0.15, 0.2) is 18.2 Å². The number of benzene rings is 1. The molecule has 6 heteroatoms. The molecule has 2 fully saturated rings. The molecule has 2 amide bonds. The highest BCUT2D eigenvalue weighted by Gasteiger charge is 2.41. The van der Waals surface area contributed by atoms with Gasteiger partial charge in [-0.15, -0.1) is 0 Å². The Kier molecular flexibility index (Phi) is 5.06. The van der Waals surface area contributed by atoms with Crippen molar-refractivity contribution < 1.29 is 14.0 Å². The van der Waals surface area contributed by atoms with Gasteiger partial charge in [0, 0.05) is 0 Å². The lowest BCUT2D eigenvalue weighted by molar-refractivity contribution is -0.132. The van der Waals surface area contributed by atoms with Gasteiger partial charge in [0.05, 0.1) is 24.7 Å². The molecule has 2 aliphatic rings. The van der Waals surface area contributed by atoms with Gasteiger partial charge in [0.15, 0.2) is 0 Å². The maximum Gasteiger partial charge on any atom is 0.238 e. The van der Waals surface area contributed by atoms with Crippen molar-refractivity contribution >= 4 is 11.8 Å². The van der Waals surface area contributed by atoms with Crippen LogP contribution in [-0.4, -0.2) is 24.0 Å². The molecule has 1 aromatic rings. The standard InChI is InChI=1S/C21H30FN3O2/c1-12-23-16(11-17(26)24-12)19(27)25-18(20(2,3)4)13-6-7-14(15(22)10-13)21(5)8-9-21/h6-7,10,12,16,18,23H,8-9,11H2,1-5H3,(H,24,26)(H,25,27). The van der Waals surface area contributed by atoms with E-state index in [1.807, 2.05) is 32.9 Å². The number of amides is 2. The third-order valence-corrected chi connectivity index (χ3v) is 5.66. The monoisotopic (exact) mass is 375 g/mol. The van der Waals surface area contributed by atoms with Gasteiger partial charge in [0.25, 0.3) is 0 Å². The van der Waals surface area contributed by atoms with Crippen LogP contribution < -0.4 is 16.0 Å². The van der Waals surface area contributed by atoms with Gasteiger partial charge in [-0.05, 0) is 47.8 Å². The summed E-state index contributed by atoms with van der Waals surface area (Å²) in [6, 6.07) is 4.38. The summed E-state index contributed by atoms with van der Waals surface area (Å²) >= 11 is 0. The summed E-state index contributed by atoms with van der Waals surface area (Å²) in [6.45, 7) is 9.90. The average molecular weight is 375 g/mol. The Morgan fingerprint density at radius 1 is 1.33 bits per heavy atom. The first-order valence-corrected chi connectivity index (χ1v) is 9.65. The fourth-order valence-electron chi connectivity index (χ4n) is 3.76. The van der Waals surface area contributed by atoms with Crippen molar-refractivity contribution in [1.29, 1.82) is 0 Å². The molecule has 0 bridgehead atoms. The average Bonchev–Trinajstić information content (AvgIpc) is 3.28. The molecule has 1 saturated heterocycles. The SMILES string of the molecule is CC1NC(=O)CC(C(=O)NC(c2ccc(C3(C)CC3)c(F)c2)C(C)(C)C)N1. The first kappa shape index (κ1) is 19.8. The Morgan fingerprint density at radius 2 is 2.00 bits per heavy atom. The van der Waals surface area contributed by atoms with Crippen LogP contribution in [0.4, 0.5) is 4.39 Å². The molecule has 1 aliphatic carbocycles. The third-order valence-electron chi connectivity index (χ3n) is 5.66. The summed E-state index contributed by atoms with van der Waals surface area (Å²) in [5.41, 5.74) is 1.15. The Bertz CT molecular complexity index is 752. The van der Waals surface area contributed by atoms with Gasteiger partial charge in [-0.1, -0.05) is 39.8 Å². The number of carbonyl (C=O) groups is 2. The molecule has 3 atom stereocenters. The predicted octanol–water partition coefficient (Wildman–Crippen LogP) is 2.90. The molecule has 5 nitrogen and oxygen atoms in total. The van der Waals surface area contributed by atoms with Crippen LogP contribution in [0.3, 0.4) is 0 Å². The minimum atomic E-state index is -0.590. The molecular formula is C21H30FN3O2. The number of hydrogen-bond acceptors (Lipinski definition) is 3. The zero-order valence-electron chi connectivity index (χ0n) is 16.8. The summed E-state index contributed by atoms with van der Waals surface area (Å²) in [5, 5.41) is 8.86. The van der Waals surface area contributed by atoms with E-state index in [4.69, 9.17) is 0 Å². The molecule has 148 valence electrons. The second-order valence-corrected chi connectivity index (χ2v) is 9.32. The van der Waals surface area contributed by atoms with Crippen molar-refractivity contribution in [3.63, 3.8) is 0 Å².